The van der Waals surface area contributed by atoms with Gasteiger partial charge in [-0.1, -0.05) is 55.9 Å². The molecule has 168 valence electrons. The molecule has 0 bridgehead atoms. The average Bonchev–Trinajstić information content (AvgIpc) is 3.21. The van der Waals surface area contributed by atoms with Crippen molar-refractivity contribution in [2.24, 2.45) is 0 Å². The number of amides is 1. The van der Waals surface area contributed by atoms with Gasteiger partial charge in [0.15, 0.2) is 5.82 Å². The summed E-state index contributed by atoms with van der Waals surface area (Å²) in [6.45, 7) is 6.78. The SMILES string of the molecule is CCCc1nnc2n1NC(c1ccc(OCC)cc1)C(C(=O)Nc1ccccc1CC)S2. The van der Waals surface area contributed by atoms with E-state index in [4.69, 9.17) is 4.74 Å². The molecule has 1 aliphatic heterocycles. The van der Waals surface area contributed by atoms with Crippen LogP contribution < -0.4 is 15.5 Å². The molecule has 0 saturated carbocycles. The van der Waals surface area contributed by atoms with Gasteiger partial charge < -0.3 is 15.5 Å². The van der Waals surface area contributed by atoms with Crippen molar-refractivity contribution in [3.8, 4) is 5.75 Å². The number of aryl methyl sites for hydroxylation is 2. The van der Waals surface area contributed by atoms with Crippen LogP contribution in [0.2, 0.25) is 0 Å². The van der Waals surface area contributed by atoms with Crippen LogP contribution in [0.15, 0.2) is 53.7 Å². The molecule has 2 heterocycles. The van der Waals surface area contributed by atoms with Crippen molar-refractivity contribution in [2.75, 3.05) is 17.3 Å². The zero-order valence-corrected chi connectivity index (χ0v) is 19.5. The van der Waals surface area contributed by atoms with Crippen molar-refractivity contribution in [1.82, 2.24) is 14.9 Å². The number of hydrogen-bond acceptors (Lipinski definition) is 6. The summed E-state index contributed by atoms with van der Waals surface area (Å²) >= 11 is 1.45. The predicted molar refractivity (Wildman–Crippen MR) is 128 cm³/mol. The largest absolute Gasteiger partial charge is 0.494 e. The standard InChI is InChI=1S/C24H29N5O2S/c1-4-9-20-26-27-24-29(20)28-21(17-12-14-18(15-13-17)31-6-3)22(32-24)23(30)25-19-11-8-7-10-16(19)5-2/h7-8,10-15,21-22,28H,4-6,9H2,1-3H3,(H,25,30). The highest BCUT2D eigenvalue weighted by molar-refractivity contribution is 8.00. The number of ether oxygens (including phenoxy) is 1. The molecule has 7 nitrogen and oxygen atoms in total. The van der Waals surface area contributed by atoms with E-state index >= 15 is 0 Å². The third-order valence-corrected chi connectivity index (χ3v) is 6.66. The van der Waals surface area contributed by atoms with Gasteiger partial charge in [-0.2, -0.15) is 0 Å². The summed E-state index contributed by atoms with van der Waals surface area (Å²) in [6.07, 6.45) is 2.64. The smallest absolute Gasteiger partial charge is 0.240 e. The highest BCUT2D eigenvalue weighted by atomic mass is 32.2. The van der Waals surface area contributed by atoms with Crippen LogP contribution in [0.4, 0.5) is 5.69 Å². The molecule has 0 aliphatic carbocycles. The number of aromatic nitrogens is 3. The summed E-state index contributed by atoms with van der Waals surface area (Å²) < 4.78 is 7.52. The Hall–Kier alpha value is -3.00. The Kier molecular flexibility index (Phi) is 6.99. The molecule has 1 aromatic heterocycles. The number of nitrogens with one attached hydrogen (secondary N) is 2. The van der Waals surface area contributed by atoms with E-state index in [1.54, 1.807) is 0 Å². The van der Waals surface area contributed by atoms with Gasteiger partial charge in [0.1, 0.15) is 11.0 Å². The second-order valence-corrected chi connectivity index (χ2v) is 8.74. The molecular weight excluding hydrogens is 422 g/mol. The molecule has 32 heavy (non-hydrogen) atoms. The van der Waals surface area contributed by atoms with Gasteiger partial charge in [0.2, 0.25) is 11.1 Å². The van der Waals surface area contributed by atoms with Crippen LogP contribution in [-0.2, 0) is 17.6 Å². The molecule has 1 amide bonds. The van der Waals surface area contributed by atoms with Crippen LogP contribution >= 0.6 is 11.8 Å². The van der Waals surface area contributed by atoms with Crippen molar-refractivity contribution in [3.05, 3.63) is 65.5 Å². The van der Waals surface area contributed by atoms with Crippen molar-refractivity contribution < 1.29 is 9.53 Å². The van der Waals surface area contributed by atoms with Crippen molar-refractivity contribution in [1.29, 1.82) is 0 Å². The molecule has 2 atom stereocenters. The molecule has 2 aromatic carbocycles. The number of hydrogen-bond donors (Lipinski definition) is 2. The molecule has 2 unspecified atom stereocenters. The van der Waals surface area contributed by atoms with Gasteiger partial charge >= 0.3 is 0 Å². The molecular formula is C24H29N5O2S. The molecule has 4 rings (SSSR count). The second kappa shape index (κ2) is 10.1. The van der Waals surface area contributed by atoms with E-state index in [-0.39, 0.29) is 11.9 Å². The maximum atomic E-state index is 13.5. The Morgan fingerprint density at radius 2 is 1.91 bits per heavy atom. The van der Waals surface area contributed by atoms with Crippen molar-refractivity contribution >= 4 is 23.4 Å². The van der Waals surface area contributed by atoms with Gasteiger partial charge in [0.05, 0.1) is 12.6 Å². The number of thioether (sulfide) groups is 1. The van der Waals surface area contributed by atoms with Gasteiger partial charge in [-0.05, 0) is 49.1 Å². The Morgan fingerprint density at radius 3 is 2.62 bits per heavy atom. The lowest BCUT2D eigenvalue weighted by Gasteiger charge is -2.33. The number of anilines is 1. The molecule has 2 N–H and O–H groups in total. The summed E-state index contributed by atoms with van der Waals surface area (Å²) in [5.41, 5.74) is 6.48. The van der Waals surface area contributed by atoms with E-state index in [1.807, 2.05) is 60.1 Å². The van der Waals surface area contributed by atoms with Gasteiger partial charge in [-0.15, -0.1) is 10.2 Å². The van der Waals surface area contributed by atoms with Gasteiger partial charge in [-0.25, -0.2) is 4.68 Å². The first-order chi connectivity index (χ1) is 15.6. The molecule has 0 spiro atoms. The van der Waals surface area contributed by atoms with E-state index in [0.717, 1.165) is 47.7 Å². The van der Waals surface area contributed by atoms with Crippen molar-refractivity contribution in [3.63, 3.8) is 0 Å². The highest BCUT2D eigenvalue weighted by Gasteiger charge is 2.38. The lowest BCUT2D eigenvalue weighted by atomic mass is 10.0. The normalized spacial score (nSPS) is 17.3. The van der Waals surface area contributed by atoms with Gasteiger partial charge in [0.25, 0.3) is 0 Å². The van der Waals surface area contributed by atoms with Gasteiger partial charge in [0, 0.05) is 12.1 Å². The second-order valence-electron chi connectivity index (χ2n) is 7.63. The first-order valence-electron chi connectivity index (χ1n) is 11.1. The van der Waals surface area contributed by atoms with Crippen molar-refractivity contribution in [2.45, 2.75) is 56.5 Å². The van der Waals surface area contributed by atoms with Crippen LogP contribution in [0.1, 0.15) is 50.2 Å². The van der Waals surface area contributed by atoms with E-state index in [1.165, 1.54) is 11.8 Å². The molecule has 1 aliphatic rings. The zero-order chi connectivity index (χ0) is 22.5. The molecule has 3 aromatic rings. The summed E-state index contributed by atoms with van der Waals surface area (Å²) in [6, 6.07) is 15.6. The van der Waals surface area contributed by atoms with Crippen LogP contribution in [0.25, 0.3) is 0 Å². The fraction of sp³-hybridized carbons (Fsp3) is 0.375. The Morgan fingerprint density at radius 1 is 1.12 bits per heavy atom. The molecule has 0 fully saturated rings. The summed E-state index contributed by atoms with van der Waals surface area (Å²) in [5.74, 6) is 1.63. The topological polar surface area (TPSA) is 81.1 Å². The average molecular weight is 452 g/mol. The lowest BCUT2D eigenvalue weighted by molar-refractivity contribution is -0.116. The van der Waals surface area contributed by atoms with E-state index in [2.05, 4.69) is 34.8 Å². The van der Waals surface area contributed by atoms with E-state index in [9.17, 15) is 4.79 Å². The number of fused-ring (bicyclic) bond motifs is 1. The summed E-state index contributed by atoms with van der Waals surface area (Å²) in [5, 5.41) is 12.1. The number of para-hydroxylation sites is 1. The number of rotatable bonds is 8. The van der Waals surface area contributed by atoms with Gasteiger partial charge in [-0.3, -0.25) is 4.79 Å². The number of carbonyl (C=O) groups excluding carboxylic acids is 1. The third kappa shape index (κ3) is 4.60. The van der Waals surface area contributed by atoms with Crippen LogP contribution in [0, 0.1) is 0 Å². The summed E-state index contributed by atoms with van der Waals surface area (Å²) in [7, 11) is 0. The first kappa shape index (κ1) is 22.2. The monoisotopic (exact) mass is 451 g/mol. The summed E-state index contributed by atoms with van der Waals surface area (Å²) in [4.78, 5) is 13.5. The number of nitrogens with zero attached hydrogens (tertiary/aromatic N) is 3. The third-order valence-electron chi connectivity index (χ3n) is 5.44. The molecule has 0 radical (unpaired) electrons. The van der Waals surface area contributed by atoms with Crippen LogP contribution in [0.5, 0.6) is 5.75 Å². The Labute approximate surface area is 192 Å². The maximum absolute atomic E-state index is 13.5. The maximum Gasteiger partial charge on any atom is 0.240 e. The molecule has 8 heteroatoms. The zero-order valence-electron chi connectivity index (χ0n) is 18.7. The van der Waals surface area contributed by atoms with Crippen LogP contribution in [-0.4, -0.2) is 32.6 Å². The number of carbonyl (C=O) groups is 1. The van der Waals surface area contributed by atoms with Crippen LogP contribution in [0.3, 0.4) is 0 Å². The number of benzene rings is 2. The highest BCUT2D eigenvalue weighted by Crippen LogP contribution is 2.38. The minimum Gasteiger partial charge on any atom is -0.494 e. The predicted octanol–water partition coefficient (Wildman–Crippen LogP) is 4.59. The minimum atomic E-state index is -0.413. The van der Waals surface area contributed by atoms with E-state index in [0.29, 0.717) is 11.8 Å². The first-order valence-corrected chi connectivity index (χ1v) is 12.0. The molecule has 0 saturated heterocycles. The Bertz CT molecular complexity index is 1070. The Balaban J connectivity index is 1.66. The fourth-order valence-corrected chi connectivity index (χ4v) is 4.93. The lowest BCUT2D eigenvalue weighted by Crippen LogP contribution is -2.41. The minimum absolute atomic E-state index is 0.0615. The fourth-order valence-electron chi connectivity index (χ4n) is 3.83. The van der Waals surface area contributed by atoms with E-state index < -0.39 is 5.25 Å². The quantitative estimate of drug-likeness (QED) is 0.521.